The van der Waals surface area contributed by atoms with Crippen LogP contribution in [0, 0.1) is 0 Å². The molecule has 4 heterocycles. The molecule has 2 aliphatic heterocycles. The van der Waals surface area contributed by atoms with Gasteiger partial charge in [0.15, 0.2) is 11.6 Å². The molecule has 4 rings (SSSR count). The molecular weight excluding hydrogens is 406 g/mol. The Kier molecular flexibility index (Phi) is 6.42. The van der Waals surface area contributed by atoms with Crippen molar-refractivity contribution < 1.29 is 13.5 Å². The first-order valence-electron chi connectivity index (χ1n) is 10.1. The van der Waals surface area contributed by atoms with Crippen molar-refractivity contribution in [3.05, 3.63) is 36.7 Å². The van der Waals surface area contributed by atoms with Crippen LogP contribution in [0.15, 0.2) is 41.6 Å². The van der Waals surface area contributed by atoms with Gasteiger partial charge in [0.05, 0.1) is 6.61 Å². The molecule has 0 bridgehead atoms. The summed E-state index contributed by atoms with van der Waals surface area (Å²) >= 11 is 0. The number of nitrogens with zero attached hydrogens (tertiary/aromatic N) is 7. The average molecular weight is 434 g/mol. The van der Waals surface area contributed by atoms with Crippen LogP contribution >= 0.6 is 0 Å². The molecular formula is C19H27N7O3S. The lowest BCUT2D eigenvalue weighted by atomic mass is 10.3. The van der Waals surface area contributed by atoms with Crippen molar-refractivity contribution in [2.75, 3.05) is 75.3 Å². The second kappa shape index (κ2) is 9.21. The molecule has 2 aromatic rings. The average Bonchev–Trinajstić information content (AvgIpc) is 2.81. The third kappa shape index (κ3) is 4.53. The lowest BCUT2D eigenvalue weighted by Crippen LogP contribution is -2.49. The van der Waals surface area contributed by atoms with Crippen LogP contribution in [0.3, 0.4) is 0 Å². The maximum Gasteiger partial charge on any atom is 0.244 e. The molecule has 0 aromatic carbocycles. The molecule has 0 radical (unpaired) electrons. The summed E-state index contributed by atoms with van der Waals surface area (Å²) in [5.41, 5.74) is 0. The van der Waals surface area contributed by atoms with Gasteiger partial charge >= 0.3 is 0 Å². The summed E-state index contributed by atoms with van der Waals surface area (Å²) in [7, 11) is -3.52. The normalized spacial score (nSPS) is 19.2. The van der Waals surface area contributed by atoms with Gasteiger partial charge < -0.3 is 14.9 Å². The number of piperazine rings is 2. The zero-order chi connectivity index (χ0) is 21.0. The molecule has 30 heavy (non-hydrogen) atoms. The summed E-state index contributed by atoms with van der Waals surface area (Å²) in [6.45, 7) is 6.33. The summed E-state index contributed by atoms with van der Waals surface area (Å²) in [6, 6.07) is 7.13. The first-order valence-corrected chi connectivity index (χ1v) is 11.6. The second-order valence-electron chi connectivity index (χ2n) is 7.38. The van der Waals surface area contributed by atoms with Crippen LogP contribution in [0.1, 0.15) is 0 Å². The fraction of sp³-hybridized carbons (Fsp3) is 0.526. The smallest absolute Gasteiger partial charge is 0.244 e. The van der Waals surface area contributed by atoms with Crippen LogP contribution in [-0.2, 0) is 10.0 Å². The molecule has 0 unspecified atom stereocenters. The van der Waals surface area contributed by atoms with Crippen LogP contribution in [0.2, 0.25) is 0 Å². The quantitative estimate of drug-likeness (QED) is 0.645. The molecule has 162 valence electrons. The molecule has 11 heteroatoms. The van der Waals surface area contributed by atoms with Crippen LogP contribution < -0.4 is 9.80 Å². The van der Waals surface area contributed by atoms with E-state index in [2.05, 4.69) is 29.9 Å². The molecule has 0 spiro atoms. The van der Waals surface area contributed by atoms with E-state index in [9.17, 15) is 8.42 Å². The predicted molar refractivity (Wildman–Crippen MR) is 113 cm³/mol. The highest BCUT2D eigenvalue weighted by molar-refractivity contribution is 7.89. The van der Waals surface area contributed by atoms with Crippen molar-refractivity contribution in [2.45, 2.75) is 4.90 Å². The Hall–Kier alpha value is -2.34. The lowest BCUT2D eigenvalue weighted by Gasteiger charge is -2.36. The van der Waals surface area contributed by atoms with Crippen LogP contribution in [0.25, 0.3) is 0 Å². The van der Waals surface area contributed by atoms with E-state index < -0.39 is 10.0 Å². The Morgan fingerprint density at radius 1 is 0.867 bits per heavy atom. The van der Waals surface area contributed by atoms with E-state index in [1.165, 1.54) is 10.5 Å². The number of aromatic nitrogens is 3. The third-order valence-corrected chi connectivity index (χ3v) is 7.47. The molecule has 2 aromatic heterocycles. The van der Waals surface area contributed by atoms with Gasteiger partial charge in [0.2, 0.25) is 10.0 Å². The number of rotatable bonds is 6. The van der Waals surface area contributed by atoms with Gasteiger partial charge in [-0.1, -0.05) is 0 Å². The highest BCUT2D eigenvalue weighted by atomic mass is 32.2. The molecule has 0 saturated carbocycles. The molecule has 0 atom stereocenters. The van der Waals surface area contributed by atoms with Gasteiger partial charge in [-0.05, 0) is 24.3 Å². The summed E-state index contributed by atoms with van der Waals surface area (Å²) in [5.74, 6) is 1.61. The first kappa shape index (κ1) is 20.9. The molecule has 0 aliphatic carbocycles. The largest absolute Gasteiger partial charge is 0.395 e. The minimum atomic E-state index is -3.52. The standard InChI is InChI=1S/C19H27N7O3S/c27-15-14-23-6-8-24(9-7-23)18-3-4-19(22-21-18)25-10-12-26(13-11-25)30(28,29)17-2-1-5-20-16-17/h1-5,16,27H,6-15H2. The summed E-state index contributed by atoms with van der Waals surface area (Å²) < 4.78 is 27.0. The van der Waals surface area contributed by atoms with Crippen molar-refractivity contribution in [1.82, 2.24) is 24.4 Å². The molecule has 0 amide bonds. The predicted octanol–water partition coefficient (Wildman–Crippen LogP) is -0.503. The zero-order valence-corrected chi connectivity index (χ0v) is 17.7. The Morgan fingerprint density at radius 2 is 1.47 bits per heavy atom. The summed E-state index contributed by atoms with van der Waals surface area (Å²) in [6.07, 6.45) is 2.95. The zero-order valence-electron chi connectivity index (χ0n) is 16.8. The van der Waals surface area contributed by atoms with Crippen molar-refractivity contribution in [1.29, 1.82) is 0 Å². The number of hydrogen-bond acceptors (Lipinski definition) is 9. The maximum absolute atomic E-state index is 12.7. The minimum Gasteiger partial charge on any atom is -0.395 e. The number of aliphatic hydroxyl groups is 1. The van der Waals surface area contributed by atoms with E-state index in [1.54, 1.807) is 18.3 Å². The van der Waals surface area contributed by atoms with E-state index in [-0.39, 0.29) is 11.5 Å². The fourth-order valence-corrected chi connectivity index (χ4v) is 5.19. The highest BCUT2D eigenvalue weighted by Gasteiger charge is 2.29. The number of hydrogen-bond donors (Lipinski definition) is 1. The molecule has 2 saturated heterocycles. The number of β-amino-alcohol motifs (C(OH)–C–C–N with tert-alkyl or cyclic N) is 1. The van der Waals surface area contributed by atoms with Gasteiger partial charge in [0.1, 0.15) is 4.90 Å². The van der Waals surface area contributed by atoms with Crippen molar-refractivity contribution in [2.24, 2.45) is 0 Å². The van der Waals surface area contributed by atoms with E-state index in [4.69, 9.17) is 5.11 Å². The van der Waals surface area contributed by atoms with E-state index in [0.29, 0.717) is 32.7 Å². The Bertz CT molecular complexity index is 911. The van der Waals surface area contributed by atoms with E-state index in [1.807, 2.05) is 12.1 Å². The van der Waals surface area contributed by atoms with Gasteiger partial charge in [-0.15, -0.1) is 10.2 Å². The van der Waals surface area contributed by atoms with Crippen LogP contribution in [0.4, 0.5) is 11.6 Å². The van der Waals surface area contributed by atoms with Gasteiger partial charge in [-0.3, -0.25) is 9.88 Å². The maximum atomic E-state index is 12.7. The topological polar surface area (TPSA) is 106 Å². The Labute approximate surface area is 176 Å². The van der Waals surface area contributed by atoms with Gasteiger partial charge in [0.25, 0.3) is 0 Å². The van der Waals surface area contributed by atoms with E-state index >= 15 is 0 Å². The Balaban J connectivity index is 1.33. The lowest BCUT2D eigenvalue weighted by molar-refractivity contribution is 0.188. The number of anilines is 2. The van der Waals surface area contributed by atoms with E-state index in [0.717, 1.165) is 37.8 Å². The van der Waals surface area contributed by atoms with Crippen molar-refractivity contribution in [3.8, 4) is 0 Å². The van der Waals surface area contributed by atoms with Gasteiger partial charge in [-0.2, -0.15) is 4.31 Å². The number of aliphatic hydroxyl groups excluding tert-OH is 1. The Morgan fingerprint density at radius 3 is 1.97 bits per heavy atom. The molecule has 10 nitrogen and oxygen atoms in total. The second-order valence-corrected chi connectivity index (χ2v) is 9.32. The fourth-order valence-electron chi connectivity index (χ4n) is 3.80. The van der Waals surface area contributed by atoms with Crippen LogP contribution in [0.5, 0.6) is 0 Å². The first-order chi connectivity index (χ1) is 14.6. The third-order valence-electron chi connectivity index (χ3n) is 5.58. The van der Waals surface area contributed by atoms with Crippen LogP contribution in [-0.4, -0.2) is 103 Å². The highest BCUT2D eigenvalue weighted by Crippen LogP contribution is 2.21. The SMILES string of the molecule is O=S(=O)(c1cccnc1)N1CCN(c2ccc(N3CCN(CCO)CC3)nn2)CC1. The molecule has 1 N–H and O–H groups in total. The summed E-state index contributed by atoms with van der Waals surface area (Å²) in [5, 5.41) is 17.8. The van der Waals surface area contributed by atoms with Crippen molar-refractivity contribution in [3.63, 3.8) is 0 Å². The minimum absolute atomic E-state index is 0.186. The number of sulfonamides is 1. The number of pyridine rings is 1. The monoisotopic (exact) mass is 433 g/mol. The van der Waals surface area contributed by atoms with Crippen molar-refractivity contribution >= 4 is 21.7 Å². The van der Waals surface area contributed by atoms with Gasteiger partial charge in [0, 0.05) is 71.3 Å². The summed E-state index contributed by atoms with van der Waals surface area (Å²) in [4.78, 5) is 10.6. The molecule has 2 fully saturated rings. The molecule has 2 aliphatic rings. The van der Waals surface area contributed by atoms with Gasteiger partial charge in [-0.25, -0.2) is 8.42 Å².